The van der Waals surface area contributed by atoms with Crippen molar-refractivity contribution in [2.45, 2.75) is 12.8 Å². The minimum atomic E-state index is -0.110. The maximum absolute atomic E-state index is 12.3. The molecule has 0 heterocycles. The predicted octanol–water partition coefficient (Wildman–Crippen LogP) is 2.82. The summed E-state index contributed by atoms with van der Waals surface area (Å²) in [6.07, 6.45) is 2.41. The third kappa shape index (κ3) is 4.42. The van der Waals surface area contributed by atoms with E-state index in [0.29, 0.717) is 22.8 Å². The van der Waals surface area contributed by atoms with Crippen LogP contribution in [0.3, 0.4) is 0 Å². The van der Waals surface area contributed by atoms with Gasteiger partial charge in [0.25, 0.3) is 5.91 Å². The van der Waals surface area contributed by atoms with Crippen molar-refractivity contribution >= 4 is 11.7 Å². The number of hydrogen-bond acceptors (Lipinski definition) is 3. The van der Waals surface area contributed by atoms with Crippen LogP contribution in [0.4, 0.5) is 0 Å². The molecular formula is C19H19NO3. The number of ether oxygens (including phenoxy) is 1. The zero-order valence-electron chi connectivity index (χ0n) is 12.8. The second-order valence-electron chi connectivity index (χ2n) is 5.76. The minimum absolute atomic E-state index is 0.00129. The number of rotatable bonds is 7. The number of hydrogen-bond donors (Lipinski definition) is 1. The fourth-order valence-electron chi connectivity index (χ4n) is 2.24. The second-order valence-corrected chi connectivity index (χ2v) is 5.76. The molecule has 2 aromatic rings. The van der Waals surface area contributed by atoms with Gasteiger partial charge in [-0.2, -0.15) is 0 Å². The molecule has 0 aliphatic heterocycles. The number of amides is 1. The molecule has 1 aliphatic carbocycles. The fraction of sp³-hybridized carbons (Fsp3) is 0.263. The molecule has 0 saturated heterocycles. The third-order valence-electron chi connectivity index (χ3n) is 3.81. The molecule has 1 amide bonds. The lowest BCUT2D eigenvalue weighted by molar-refractivity contribution is -0.123. The summed E-state index contributed by atoms with van der Waals surface area (Å²) in [5.74, 6) is 1.10. The van der Waals surface area contributed by atoms with Crippen LogP contribution in [0.5, 0.6) is 5.75 Å². The molecule has 0 unspecified atom stereocenters. The minimum Gasteiger partial charge on any atom is -0.484 e. The topological polar surface area (TPSA) is 55.4 Å². The van der Waals surface area contributed by atoms with E-state index in [1.807, 2.05) is 18.2 Å². The van der Waals surface area contributed by atoms with Crippen molar-refractivity contribution in [3.63, 3.8) is 0 Å². The zero-order valence-corrected chi connectivity index (χ0v) is 12.8. The lowest BCUT2D eigenvalue weighted by Gasteiger charge is -2.08. The van der Waals surface area contributed by atoms with Gasteiger partial charge in [-0.05, 0) is 43.0 Å². The number of benzene rings is 2. The molecule has 4 nitrogen and oxygen atoms in total. The first-order valence-electron chi connectivity index (χ1n) is 7.81. The van der Waals surface area contributed by atoms with Crippen molar-refractivity contribution in [1.82, 2.24) is 5.32 Å². The maximum Gasteiger partial charge on any atom is 0.257 e. The molecule has 0 spiro atoms. The molecule has 23 heavy (non-hydrogen) atoms. The molecule has 118 valence electrons. The van der Waals surface area contributed by atoms with Crippen molar-refractivity contribution in [3.05, 3.63) is 65.7 Å². The molecule has 0 atom stereocenters. The van der Waals surface area contributed by atoms with Crippen LogP contribution >= 0.6 is 0 Å². The molecule has 1 saturated carbocycles. The first kappa shape index (κ1) is 15.3. The van der Waals surface area contributed by atoms with Crippen LogP contribution < -0.4 is 10.1 Å². The second kappa shape index (κ2) is 7.09. The lowest BCUT2D eigenvalue weighted by atomic mass is 10.0. The Balaban J connectivity index is 1.52. The molecular weight excluding hydrogens is 290 g/mol. The van der Waals surface area contributed by atoms with E-state index < -0.39 is 0 Å². The molecule has 0 radical (unpaired) electrons. The summed E-state index contributed by atoms with van der Waals surface area (Å²) in [6.45, 7) is 0.741. The molecule has 0 bridgehead atoms. The number of carbonyl (C=O) groups is 2. The van der Waals surface area contributed by atoms with Gasteiger partial charge in [0.15, 0.2) is 12.4 Å². The van der Waals surface area contributed by atoms with Crippen LogP contribution in [0.15, 0.2) is 54.6 Å². The average Bonchev–Trinajstić information content (AvgIpc) is 3.43. The average molecular weight is 309 g/mol. The van der Waals surface area contributed by atoms with E-state index in [0.717, 1.165) is 6.54 Å². The molecule has 1 aliphatic rings. The fourth-order valence-corrected chi connectivity index (χ4v) is 2.24. The SMILES string of the molecule is O=C(COc1ccc(C(=O)c2ccccc2)cc1)NCC1CC1. The Morgan fingerprint density at radius 3 is 2.26 bits per heavy atom. The zero-order chi connectivity index (χ0) is 16.1. The van der Waals surface area contributed by atoms with Gasteiger partial charge in [-0.25, -0.2) is 0 Å². The van der Waals surface area contributed by atoms with E-state index in [1.165, 1.54) is 12.8 Å². The van der Waals surface area contributed by atoms with Crippen LogP contribution in [-0.4, -0.2) is 24.8 Å². The Labute approximate surface area is 135 Å². The molecule has 1 fully saturated rings. The highest BCUT2D eigenvalue weighted by Crippen LogP contribution is 2.27. The van der Waals surface area contributed by atoms with Gasteiger partial charge in [0, 0.05) is 17.7 Å². The van der Waals surface area contributed by atoms with Gasteiger partial charge in [0.2, 0.25) is 0 Å². The van der Waals surface area contributed by atoms with E-state index in [4.69, 9.17) is 4.74 Å². The summed E-state index contributed by atoms with van der Waals surface area (Å²) in [5.41, 5.74) is 1.25. The molecule has 2 aromatic carbocycles. The van der Waals surface area contributed by atoms with Gasteiger partial charge in [-0.3, -0.25) is 9.59 Å². The summed E-state index contributed by atoms with van der Waals surface area (Å²) in [7, 11) is 0. The Morgan fingerprint density at radius 1 is 0.957 bits per heavy atom. The van der Waals surface area contributed by atoms with Gasteiger partial charge in [-0.15, -0.1) is 0 Å². The molecule has 1 N–H and O–H groups in total. The highest BCUT2D eigenvalue weighted by atomic mass is 16.5. The van der Waals surface area contributed by atoms with Crippen molar-refractivity contribution in [2.24, 2.45) is 5.92 Å². The van der Waals surface area contributed by atoms with E-state index in [2.05, 4.69) is 5.32 Å². The van der Waals surface area contributed by atoms with Crippen LogP contribution in [0.1, 0.15) is 28.8 Å². The van der Waals surface area contributed by atoms with Gasteiger partial charge in [0.05, 0.1) is 0 Å². The Morgan fingerprint density at radius 2 is 1.61 bits per heavy atom. The summed E-state index contributed by atoms with van der Waals surface area (Å²) in [6, 6.07) is 16.0. The van der Waals surface area contributed by atoms with Crippen LogP contribution in [0.25, 0.3) is 0 Å². The van der Waals surface area contributed by atoms with Crippen molar-refractivity contribution in [2.75, 3.05) is 13.2 Å². The highest BCUT2D eigenvalue weighted by molar-refractivity contribution is 6.08. The molecule has 4 heteroatoms. The Hall–Kier alpha value is -2.62. The molecule has 0 aromatic heterocycles. The van der Waals surface area contributed by atoms with E-state index in [9.17, 15) is 9.59 Å². The predicted molar refractivity (Wildman–Crippen MR) is 87.5 cm³/mol. The lowest BCUT2D eigenvalue weighted by Crippen LogP contribution is -2.30. The highest BCUT2D eigenvalue weighted by Gasteiger charge is 2.21. The first-order chi connectivity index (χ1) is 11.2. The van der Waals surface area contributed by atoms with Gasteiger partial charge < -0.3 is 10.1 Å². The summed E-state index contributed by atoms with van der Waals surface area (Å²) in [5, 5.41) is 2.85. The van der Waals surface area contributed by atoms with Crippen LogP contribution in [-0.2, 0) is 4.79 Å². The third-order valence-corrected chi connectivity index (χ3v) is 3.81. The largest absolute Gasteiger partial charge is 0.484 e. The summed E-state index contributed by atoms with van der Waals surface area (Å²) >= 11 is 0. The van der Waals surface area contributed by atoms with E-state index in [1.54, 1.807) is 36.4 Å². The number of carbonyl (C=O) groups excluding carboxylic acids is 2. The van der Waals surface area contributed by atoms with Crippen LogP contribution in [0.2, 0.25) is 0 Å². The van der Waals surface area contributed by atoms with Gasteiger partial charge in [-0.1, -0.05) is 30.3 Å². The van der Waals surface area contributed by atoms with Crippen molar-refractivity contribution in [1.29, 1.82) is 0 Å². The normalized spacial score (nSPS) is 13.4. The summed E-state index contributed by atoms with van der Waals surface area (Å²) < 4.78 is 5.44. The Kier molecular flexibility index (Phi) is 4.71. The summed E-state index contributed by atoms with van der Waals surface area (Å²) in [4.78, 5) is 23.9. The van der Waals surface area contributed by atoms with Gasteiger partial charge in [0.1, 0.15) is 5.75 Å². The van der Waals surface area contributed by atoms with E-state index in [-0.39, 0.29) is 18.3 Å². The monoisotopic (exact) mass is 309 g/mol. The maximum atomic E-state index is 12.3. The number of ketones is 1. The van der Waals surface area contributed by atoms with E-state index >= 15 is 0 Å². The van der Waals surface area contributed by atoms with Gasteiger partial charge >= 0.3 is 0 Å². The van der Waals surface area contributed by atoms with Crippen LogP contribution in [0, 0.1) is 5.92 Å². The van der Waals surface area contributed by atoms with Crippen molar-refractivity contribution in [3.8, 4) is 5.75 Å². The first-order valence-corrected chi connectivity index (χ1v) is 7.81. The quantitative estimate of drug-likeness (QED) is 0.800. The van der Waals surface area contributed by atoms with Crippen molar-refractivity contribution < 1.29 is 14.3 Å². The molecule has 3 rings (SSSR count). The number of nitrogens with one attached hydrogen (secondary N) is 1. The standard InChI is InChI=1S/C19H19NO3/c21-18(20-12-14-6-7-14)13-23-17-10-8-16(9-11-17)19(22)15-4-2-1-3-5-15/h1-5,8-11,14H,6-7,12-13H2,(H,20,21). The smallest absolute Gasteiger partial charge is 0.257 e. The Bertz CT molecular complexity index is 676.